The smallest absolute Gasteiger partial charge is 0.225 e. The Bertz CT molecular complexity index is 610. The Morgan fingerprint density at radius 2 is 2.04 bits per heavy atom. The third kappa shape index (κ3) is 4.28. The van der Waals surface area contributed by atoms with Crippen molar-refractivity contribution >= 4 is 17.6 Å². The molecule has 3 rings (SSSR count). The molecule has 136 valence electrons. The van der Waals surface area contributed by atoms with E-state index in [1.165, 1.54) is 0 Å². The molecule has 3 heterocycles. The minimum atomic E-state index is -0.231. The van der Waals surface area contributed by atoms with Gasteiger partial charge >= 0.3 is 0 Å². The fourth-order valence-corrected chi connectivity index (χ4v) is 3.33. The van der Waals surface area contributed by atoms with Gasteiger partial charge in [-0.3, -0.25) is 9.59 Å². The van der Waals surface area contributed by atoms with Crippen molar-refractivity contribution in [1.29, 1.82) is 0 Å². The summed E-state index contributed by atoms with van der Waals surface area (Å²) in [5, 5.41) is 2.93. The lowest BCUT2D eigenvalue weighted by Crippen LogP contribution is -2.44. The molecule has 0 spiro atoms. The van der Waals surface area contributed by atoms with Crippen molar-refractivity contribution in [2.45, 2.75) is 19.9 Å². The van der Waals surface area contributed by atoms with Crippen molar-refractivity contribution in [2.24, 2.45) is 5.92 Å². The molecule has 1 atom stereocenters. The summed E-state index contributed by atoms with van der Waals surface area (Å²) < 4.78 is 0. The number of anilines is 1. The van der Waals surface area contributed by atoms with E-state index in [2.05, 4.69) is 27.1 Å². The maximum Gasteiger partial charge on any atom is 0.225 e. The van der Waals surface area contributed by atoms with Gasteiger partial charge in [0, 0.05) is 58.4 Å². The number of piperazine rings is 1. The zero-order valence-electron chi connectivity index (χ0n) is 15.1. The number of nitrogens with zero attached hydrogens (tertiary/aromatic N) is 4. The molecular formula is C18H27N5O2. The second-order valence-corrected chi connectivity index (χ2v) is 6.87. The average Bonchev–Trinajstić information content (AvgIpc) is 3.02. The van der Waals surface area contributed by atoms with Crippen molar-refractivity contribution in [3.63, 3.8) is 0 Å². The molecule has 1 N–H and O–H groups in total. The van der Waals surface area contributed by atoms with Gasteiger partial charge < -0.3 is 20.0 Å². The Kier molecular flexibility index (Phi) is 5.53. The van der Waals surface area contributed by atoms with Crippen molar-refractivity contribution in [3.05, 3.63) is 23.9 Å². The van der Waals surface area contributed by atoms with Crippen LogP contribution in [0.2, 0.25) is 0 Å². The lowest BCUT2D eigenvalue weighted by molar-refractivity contribution is -0.128. The van der Waals surface area contributed by atoms with Gasteiger partial charge in [-0.05, 0) is 25.6 Å². The first-order valence-corrected chi connectivity index (χ1v) is 9.00. The van der Waals surface area contributed by atoms with Crippen LogP contribution in [0.1, 0.15) is 18.9 Å². The van der Waals surface area contributed by atoms with Crippen LogP contribution in [0, 0.1) is 5.92 Å². The molecule has 25 heavy (non-hydrogen) atoms. The van der Waals surface area contributed by atoms with Gasteiger partial charge in [-0.2, -0.15) is 0 Å². The highest BCUT2D eigenvalue weighted by molar-refractivity contribution is 5.89. The van der Waals surface area contributed by atoms with Gasteiger partial charge in [0.15, 0.2) is 0 Å². The monoisotopic (exact) mass is 345 g/mol. The summed E-state index contributed by atoms with van der Waals surface area (Å²) in [6, 6.07) is 4.03. The molecule has 0 aromatic carbocycles. The number of carbonyl (C=O) groups excluding carboxylic acids is 2. The highest BCUT2D eigenvalue weighted by Gasteiger charge is 2.33. The van der Waals surface area contributed by atoms with Crippen LogP contribution in [0.25, 0.3) is 0 Å². The van der Waals surface area contributed by atoms with E-state index in [4.69, 9.17) is 0 Å². The van der Waals surface area contributed by atoms with E-state index in [0.717, 1.165) is 37.6 Å². The van der Waals surface area contributed by atoms with Gasteiger partial charge in [-0.1, -0.05) is 6.07 Å². The average molecular weight is 345 g/mol. The number of carbonyl (C=O) groups is 2. The molecule has 0 saturated carbocycles. The first-order chi connectivity index (χ1) is 12.1. The Balaban J connectivity index is 1.49. The van der Waals surface area contributed by atoms with Crippen molar-refractivity contribution in [2.75, 3.05) is 51.2 Å². The van der Waals surface area contributed by atoms with Crippen molar-refractivity contribution < 1.29 is 9.59 Å². The van der Waals surface area contributed by atoms with E-state index in [1.54, 1.807) is 4.90 Å². The second-order valence-electron chi connectivity index (χ2n) is 6.87. The Morgan fingerprint density at radius 3 is 2.64 bits per heavy atom. The Hall–Kier alpha value is -2.15. The minimum absolute atomic E-state index is 0.0487. The lowest BCUT2D eigenvalue weighted by atomic mass is 10.1. The van der Waals surface area contributed by atoms with Crippen molar-refractivity contribution in [1.82, 2.24) is 20.1 Å². The third-order valence-corrected chi connectivity index (χ3v) is 5.07. The molecular weight excluding hydrogens is 318 g/mol. The zero-order valence-corrected chi connectivity index (χ0v) is 15.1. The highest BCUT2D eigenvalue weighted by Crippen LogP contribution is 2.18. The minimum Gasteiger partial charge on any atom is -0.354 e. The first-order valence-electron chi connectivity index (χ1n) is 9.00. The summed E-state index contributed by atoms with van der Waals surface area (Å²) in [4.78, 5) is 34.8. The fraction of sp³-hybridized carbons (Fsp3) is 0.611. The number of likely N-dealkylation sites (N-methyl/N-ethyl adjacent to an activating group) is 1. The molecule has 2 aliphatic heterocycles. The summed E-state index contributed by atoms with van der Waals surface area (Å²) in [6.45, 7) is 7.66. The maximum atomic E-state index is 12.2. The summed E-state index contributed by atoms with van der Waals surface area (Å²) in [7, 11) is 2.13. The van der Waals surface area contributed by atoms with Crippen LogP contribution >= 0.6 is 0 Å². The molecule has 2 fully saturated rings. The topological polar surface area (TPSA) is 68.8 Å². The number of hydrogen-bond acceptors (Lipinski definition) is 5. The van der Waals surface area contributed by atoms with Crippen LogP contribution in [0.4, 0.5) is 5.82 Å². The van der Waals surface area contributed by atoms with Gasteiger partial charge in [-0.25, -0.2) is 4.98 Å². The number of rotatable bonds is 5. The normalized spacial score (nSPS) is 21.7. The zero-order chi connectivity index (χ0) is 17.8. The largest absolute Gasteiger partial charge is 0.354 e. The van der Waals surface area contributed by atoms with Crippen LogP contribution in [-0.4, -0.2) is 72.9 Å². The summed E-state index contributed by atoms with van der Waals surface area (Å²) in [6.07, 6.45) is 2.15. The molecule has 0 aliphatic carbocycles. The van der Waals surface area contributed by atoms with Crippen molar-refractivity contribution in [3.8, 4) is 0 Å². The Labute approximate surface area is 149 Å². The van der Waals surface area contributed by atoms with E-state index < -0.39 is 0 Å². The SMILES string of the molecule is CCN1C[C@@H](C(=O)NCc2ccc(N3CCN(C)CC3)nc2)CC1=O. The second kappa shape index (κ2) is 7.82. The maximum absolute atomic E-state index is 12.2. The van der Waals surface area contributed by atoms with Crippen LogP contribution < -0.4 is 10.2 Å². The molecule has 7 nitrogen and oxygen atoms in total. The molecule has 0 bridgehead atoms. The number of aromatic nitrogens is 1. The number of amides is 2. The van der Waals surface area contributed by atoms with E-state index in [9.17, 15) is 9.59 Å². The predicted octanol–water partition coefficient (Wildman–Crippen LogP) is 0.318. The summed E-state index contributed by atoms with van der Waals surface area (Å²) >= 11 is 0. The number of pyridine rings is 1. The van der Waals surface area contributed by atoms with E-state index in [0.29, 0.717) is 26.1 Å². The molecule has 0 unspecified atom stereocenters. The fourth-order valence-electron chi connectivity index (χ4n) is 3.33. The summed E-state index contributed by atoms with van der Waals surface area (Å²) in [5.74, 6) is 0.779. The van der Waals surface area contributed by atoms with Crippen LogP contribution in [-0.2, 0) is 16.1 Å². The molecule has 7 heteroatoms. The third-order valence-electron chi connectivity index (χ3n) is 5.07. The van der Waals surface area contributed by atoms with Crippen LogP contribution in [0.15, 0.2) is 18.3 Å². The molecule has 2 aliphatic rings. The highest BCUT2D eigenvalue weighted by atomic mass is 16.2. The van der Waals surface area contributed by atoms with Gasteiger partial charge in [0.1, 0.15) is 5.82 Å². The lowest BCUT2D eigenvalue weighted by Gasteiger charge is -2.33. The first kappa shape index (κ1) is 17.7. The molecule has 0 radical (unpaired) electrons. The number of hydrogen-bond donors (Lipinski definition) is 1. The number of nitrogens with one attached hydrogen (secondary N) is 1. The molecule has 2 amide bonds. The standard InChI is InChI=1S/C18H27N5O2/c1-3-22-13-15(10-17(22)24)18(25)20-12-14-4-5-16(19-11-14)23-8-6-21(2)7-9-23/h4-5,11,15H,3,6-10,12-13H2,1-2H3,(H,20,25)/t15-/m0/s1. The van der Waals surface area contributed by atoms with E-state index >= 15 is 0 Å². The van der Waals surface area contributed by atoms with Gasteiger partial charge in [0.25, 0.3) is 0 Å². The Morgan fingerprint density at radius 1 is 1.28 bits per heavy atom. The molecule has 1 aromatic heterocycles. The molecule has 2 saturated heterocycles. The van der Waals surface area contributed by atoms with Gasteiger partial charge in [0.05, 0.1) is 5.92 Å². The van der Waals surface area contributed by atoms with Crippen LogP contribution in [0.5, 0.6) is 0 Å². The quantitative estimate of drug-likeness (QED) is 0.832. The number of likely N-dealkylation sites (tertiary alicyclic amines) is 1. The predicted molar refractivity (Wildman–Crippen MR) is 96.2 cm³/mol. The van der Waals surface area contributed by atoms with E-state index in [-0.39, 0.29) is 17.7 Å². The van der Waals surface area contributed by atoms with Gasteiger partial charge in [-0.15, -0.1) is 0 Å². The molecule has 1 aromatic rings. The van der Waals surface area contributed by atoms with Crippen LogP contribution in [0.3, 0.4) is 0 Å². The summed E-state index contributed by atoms with van der Waals surface area (Å²) in [5.41, 5.74) is 0.975. The van der Waals surface area contributed by atoms with E-state index in [1.807, 2.05) is 25.3 Å². The van der Waals surface area contributed by atoms with Gasteiger partial charge in [0.2, 0.25) is 11.8 Å².